The maximum atomic E-state index is 13.1. The van der Waals surface area contributed by atoms with E-state index in [0.29, 0.717) is 17.9 Å². The van der Waals surface area contributed by atoms with Gasteiger partial charge in [-0.1, -0.05) is 44.2 Å². The van der Waals surface area contributed by atoms with Gasteiger partial charge in [0.1, 0.15) is 0 Å². The minimum Gasteiger partial charge on any atom is -0.338 e. The maximum Gasteiger partial charge on any atom is 0.226 e. The third kappa shape index (κ3) is 6.35. The lowest BCUT2D eigenvalue weighted by Crippen LogP contribution is -2.55. The zero-order chi connectivity index (χ0) is 17.6. The predicted molar refractivity (Wildman–Crippen MR) is 117 cm³/mol. The molecule has 0 aromatic heterocycles. The molecule has 0 radical (unpaired) electrons. The molecular weight excluding hydrogens is 381 g/mol. The van der Waals surface area contributed by atoms with Gasteiger partial charge in [-0.3, -0.25) is 9.69 Å². The van der Waals surface area contributed by atoms with Gasteiger partial charge in [0.05, 0.1) is 0 Å². The Hall–Kier alpha value is -0.810. The standard InChI is InChI=1S/C21H33N3O.2ClH/c1-3-11-24(21(25)17(2)19-13-22-14-19)20-10-7-12-23(16-20)15-18-8-5-4-6-9-18;;/h4-6,8-9,17,19-20,22H,3,7,10-16H2,1-2H3;2*1H. The molecule has 0 spiro atoms. The summed E-state index contributed by atoms with van der Waals surface area (Å²) >= 11 is 0. The summed E-state index contributed by atoms with van der Waals surface area (Å²) in [5, 5.41) is 3.30. The number of nitrogens with one attached hydrogen (secondary N) is 1. The zero-order valence-electron chi connectivity index (χ0n) is 16.6. The van der Waals surface area contributed by atoms with Crippen LogP contribution in [0.3, 0.4) is 0 Å². The molecule has 2 unspecified atom stereocenters. The lowest BCUT2D eigenvalue weighted by Gasteiger charge is -2.42. The molecule has 6 heteroatoms. The van der Waals surface area contributed by atoms with E-state index >= 15 is 0 Å². The molecule has 2 fully saturated rings. The number of amides is 1. The Labute approximate surface area is 176 Å². The molecule has 0 aliphatic carbocycles. The van der Waals surface area contributed by atoms with E-state index < -0.39 is 0 Å². The Kier molecular flexibility index (Phi) is 10.7. The second-order valence-electron chi connectivity index (χ2n) is 7.76. The van der Waals surface area contributed by atoms with Gasteiger partial charge >= 0.3 is 0 Å². The highest BCUT2D eigenvalue weighted by Crippen LogP contribution is 2.24. The first-order chi connectivity index (χ1) is 12.2. The quantitative estimate of drug-likeness (QED) is 0.738. The fourth-order valence-corrected chi connectivity index (χ4v) is 4.11. The fraction of sp³-hybridized carbons (Fsp3) is 0.667. The number of carbonyl (C=O) groups excluding carboxylic acids is 1. The number of halogens is 2. The molecule has 2 saturated heterocycles. The van der Waals surface area contributed by atoms with Crippen LogP contribution in [-0.2, 0) is 11.3 Å². The zero-order valence-corrected chi connectivity index (χ0v) is 18.2. The topological polar surface area (TPSA) is 35.6 Å². The highest BCUT2D eigenvalue weighted by molar-refractivity contribution is 5.85. The van der Waals surface area contributed by atoms with E-state index in [4.69, 9.17) is 0 Å². The first-order valence-corrected chi connectivity index (χ1v) is 9.96. The number of likely N-dealkylation sites (tertiary alicyclic amines) is 1. The summed E-state index contributed by atoms with van der Waals surface area (Å²) in [6.07, 6.45) is 3.37. The van der Waals surface area contributed by atoms with Crippen molar-refractivity contribution >= 4 is 30.7 Å². The number of hydrogen-bond donors (Lipinski definition) is 1. The molecule has 1 amide bonds. The van der Waals surface area contributed by atoms with Crippen LogP contribution in [0.25, 0.3) is 0 Å². The highest BCUT2D eigenvalue weighted by Gasteiger charge is 2.35. The van der Waals surface area contributed by atoms with Crippen LogP contribution in [0.5, 0.6) is 0 Å². The van der Waals surface area contributed by atoms with Gasteiger partial charge in [0.25, 0.3) is 0 Å². The molecule has 4 nitrogen and oxygen atoms in total. The van der Waals surface area contributed by atoms with Gasteiger partial charge in [-0.2, -0.15) is 0 Å². The van der Waals surface area contributed by atoms with Gasteiger partial charge in [0.15, 0.2) is 0 Å². The van der Waals surface area contributed by atoms with E-state index in [1.54, 1.807) is 0 Å². The van der Waals surface area contributed by atoms with E-state index in [2.05, 4.69) is 59.3 Å². The maximum absolute atomic E-state index is 13.1. The number of piperidine rings is 1. The Morgan fingerprint density at radius 2 is 1.96 bits per heavy atom. The number of rotatable bonds is 7. The van der Waals surface area contributed by atoms with Crippen LogP contribution < -0.4 is 5.32 Å². The van der Waals surface area contributed by atoms with E-state index in [-0.39, 0.29) is 30.7 Å². The van der Waals surface area contributed by atoms with Gasteiger partial charge in [-0.25, -0.2) is 0 Å². The largest absolute Gasteiger partial charge is 0.338 e. The molecule has 3 rings (SSSR count). The molecule has 2 atom stereocenters. The van der Waals surface area contributed by atoms with Gasteiger partial charge < -0.3 is 10.2 Å². The monoisotopic (exact) mass is 415 g/mol. The van der Waals surface area contributed by atoms with Crippen LogP contribution >= 0.6 is 24.8 Å². The summed E-state index contributed by atoms with van der Waals surface area (Å²) in [7, 11) is 0. The first-order valence-electron chi connectivity index (χ1n) is 9.96. The van der Waals surface area contributed by atoms with Crippen molar-refractivity contribution in [3.8, 4) is 0 Å². The number of benzene rings is 1. The van der Waals surface area contributed by atoms with Gasteiger partial charge in [0.2, 0.25) is 5.91 Å². The number of hydrogen-bond acceptors (Lipinski definition) is 3. The van der Waals surface area contributed by atoms with Crippen LogP contribution in [0.4, 0.5) is 0 Å². The number of carbonyl (C=O) groups is 1. The lowest BCUT2D eigenvalue weighted by molar-refractivity contribution is -0.141. The van der Waals surface area contributed by atoms with Crippen molar-refractivity contribution < 1.29 is 4.79 Å². The van der Waals surface area contributed by atoms with Crippen LogP contribution in [-0.4, -0.2) is 54.5 Å². The van der Waals surface area contributed by atoms with E-state index in [0.717, 1.165) is 52.1 Å². The van der Waals surface area contributed by atoms with Crippen molar-refractivity contribution in [2.45, 2.75) is 45.7 Å². The van der Waals surface area contributed by atoms with Crippen LogP contribution in [0.2, 0.25) is 0 Å². The second kappa shape index (κ2) is 11.9. The van der Waals surface area contributed by atoms with E-state index in [9.17, 15) is 4.79 Å². The minimum absolute atomic E-state index is 0. The summed E-state index contributed by atoms with van der Waals surface area (Å²) in [6, 6.07) is 11.1. The summed E-state index contributed by atoms with van der Waals surface area (Å²) < 4.78 is 0. The first kappa shape index (κ1) is 24.2. The third-order valence-corrected chi connectivity index (χ3v) is 5.83. The fourth-order valence-electron chi connectivity index (χ4n) is 4.11. The molecule has 1 aromatic carbocycles. The van der Waals surface area contributed by atoms with Crippen molar-refractivity contribution in [1.82, 2.24) is 15.1 Å². The summed E-state index contributed by atoms with van der Waals surface area (Å²) in [5.41, 5.74) is 1.37. The molecule has 2 aliphatic heterocycles. The van der Waals surface area contributed by atoms with Crippen molar-refractivity contribution in [3.05, 3.63) is 35.9 Å². The van der Waals surface area contributed by atoms with Crippen LogP contribution in [0, 0.1) is 11.8 Å². The Bertz CT molecular complexity index is 554. The Morgan fingerprint density at radius 1 is 1.26 bits per heavy atom. The van der Waals surface area contributed by atoms with Gasteiger partial charge in [-0.05, 0) is 50.4 Å². The molecule has 2 aliphatic rings. The smallest absolute Gasteiger partial charge is 0.226 e. The third-order valence-electron chi connectivity index (χ3n) is 5.83. The Morgan fingerprint density at radius 3 is 2.56 bits per heavy atom. The molecule has 0 bridgehead atoms. The molecule has 154 valence electrons. The molecule has 2 heterocycles. The summed E-state index contributed by atoms with van der Waals surface area (Å²) in [6.45, 7) is 10.3. The average molecular weight is 416 g/mol. The van der Waals surface area contributed by atoms with Gasteiger partial charge in [0, 0.05) is 31.6 Å². The van der Waals surface area contributed by atoms with Crippen molar-refractivity contribution in [2.24, 2.45) is 11.8 Å². The van der Waals surface area contributed by atoms with E-state index in [1.807, 2.05) is 0 Å². The lowest BCUT2D eigenvalue weighted by atomic mass is 9.87. The van der Waals surface area contributed by atoms with E-state index in [1.165, 1.54) is 12.0 Å². The normalized spacial score (nSPS) is 21.3. The SMILES string of the molecule is CCCN(C(=O)C(C)C1CNC1)C1CCCN(Cc2ccccc2)C1.Cl.Cl. The van der Waals surface area contributed by atoms with Crippen molar-refractivity contribution in [2.75, 3.05) is 32.7 Å². The minimum atomic E-state index is 0. The molecular formula is C21H35Cl2N3O. The number of nitrogens with zero attached hydrogens (tertiary/aromatic N) is 2. The highest BCUT2D eigenvalue weighted by atomic mass is 35.5. The van der Waals surface area contributed by atoms with Crippen molar-refractivity contribution in [3.63, 3.8) is 0 Å². The van der Waals surface area contributed by atoms with Crippen LogP contribution in [0.1, 0.15) is 38.7 Å². The summed E-state index contributed by atoms with van der Waals surface area (Å²) in [5.74, 6) is 1.05. The molecule has 1 N–H and O–H groups in total. The van der Waals surface area contributed by atoms with Gasteiger partial charge in [-0.15, -0.1) is 24.8 Å². The molecule has 0 saturated carbocycles. The molecule has 27 heavy (non-hydrogen) atoms. The predicted octanol–water partition coefficient (Wildman–Crippen LogP) is 3.59. The second-order valence-corrected chi connectivity index (χ2v) is 7.76. The van der Waals surface area contributed by atoms with Crippen molar-refractivity contribution in [1.29, 1.82) is 0 Å². The Balaban J connectivity index is 0.00000182. The summed E-state index contributed by atoms with van der Waals surface area (Å²) in [4.78, 5) is 17.8. The molecule has 1 aromatic rings. The van der Waals surface area contributed by atoms with Crippen LogP contribution in [0.15, 0.2) is 30.3 Å². The average Bonchev–Trinajstić information content (AvgIpc) is 2.58.